The third kappa shape index (κ3) is 2.21. The summed E-state index contributed by atoms with van der Waals surface area (Å²) in [6, 6.07) is -0.354. The molecule has 0 aromatic carbocycles. The van der Waals surface area contributed by atoms with Crippen molar-refractivity contribution in [2.24, 2.45) is 5.92 Å². The molecule has 2 heterocycles. The van der Waals surface area contributed by atoms with Gasteiger partial charge in [-0.2, -0.15) is 0 Å². The lowest BCUT2D eigenvalue weighted by molar-refractivity contribution is -0.138. The molecule has 2 saturated heterocycles. The fourth-order valence-electron chi connectivity index (χ4n) is 1.93. The summed E-state index contributed by atoms with van der Waals surface area (Å²) < 4.78 is 5.28. The Kier molecular flexibility index (Phi) is 3.30. The van der Waals surface area contributed by atoms with Crippen LogP contribution in [0.25, 0.3) is 0 Å². The van der Waals surface area contributed by atoms with Gasteiger partial charge in [-0.15, -0.1) is 11.8 Å². The van der Waals surface area contributed by atoms with Gasteiger partial charge in [0.15, 0.2) is 0 Å². The zero-order valence-corrected chi connectivity index (χ0v) is 8.76. The molecule has 5 heteroatoms. The molecule has 0 amide bonds. The molecule has 0 aromatic heterocycles. The van der Waals surface area contributed by atoms with E-state index in [0.717, 1.165) is 26.1 Å². The monoisotopic (exact) mass is 217 g/mol. The minimum Gasteiger partial charge on any atom is -0.480 e. The maximum Gasteiger partial charge on any atom is 0.321 e. The summed E-state index contributed by atoms with van der Waals surface area (Å²) in [5.41, 5.74) is 0. The fraction of sp³-hybridized carbons (Fsp3) is 0.889. The average molecular weight is 217 g/mol. The molecule has 0 aliphatic carbocycles. The number of hydrogen-bond donors (Lipinski definition) is 2. The molecule has 0 bridgehead atoms. The first-order valence-corrected chi connectivity index (χ1v) is 6.00. The van der Waals surface area contributed by atoms with E-state index < -0.39 is 5.97 Å². The minimum absolute atomic E-state index is 0.319. The van der Waals surface area contributed by atoms with Crippen molar-refractivity contribution < 1.29 is 14.6 Å². The van der Waals surface area contributed by atoms with Gasteiger partial charge in [0.1, 0.15) is 6.04 Å². The number of carboxylic acid groups (broad SMARTS) is 1. The Morgan fingerprint density at radius 1 is 1.43 bits per heavy atom. The van der Waals surface area contributed by atoms with Crippen LogP contribution >= 0.6 is 11.8 Å². The zero-order chi connectivity index (χ0) is 9.97. The van der Waals surface area contributed by atoms with E-state index in [9.17, 15) is 4.79 Å². The third-order valence-corrected chi connectivity index (χ3v) is 4.21. The molecular weight excluding hydrogens is 202 g/mol. The smallest absolute Gasteiger partial charge is 0.321 e. The van der Waals surface area contributed by atoms with Crippen molar-refractivity contribution in [2.45, 2.75) is 24.3 Å². The van der Waals surface area contributed by atoms with Crippen molar-refractivity contribution >= 4 is 17.7 Å². The van der Waals surface area contributed by atoms with Crippen molar-refractivity contribution in [3.63, 3.8) is 0 Å². The Bertz CT molecular complexity index is 218. The molecule has 14 heavy (non-hydrogen) atoms. The molecule has 2 aliphatic rings. The molecule has 2 atom stereocenters. The number of ether oxygens (including phenoxy) is 1. The Hall–Kier alpha value is -0.260. The maximum atomic E-state index is 10.7. The molecule has 0 radical (unpaired) electrons. The van der Waals surface area contributed by atoms with Crippen LogP contribution in [0.3, 0.4) is 0 Å². The van der Waals surface area contributed by atoms with Gasteiger partial charge in [-0.25, -0.2) is 0 Å². The van der Waals surface area contributed by atoms with E-state index in [1.165, 1.54) is 0 Å². The minimum atomic E-state index is -0.730. The van der Waals surface area contributed by atoms with Crippen LogP contribution in [0.1, 0.15) is 12.8 Å². The van der Waals surface area contributed by atoms with Crippen LogP contribution in [0.5, 0.6) is 0 Å². The molecule has 0 saturated carbocycles. The lowest BCUT2D eigenvalue weighted by atomic mass is 10.00. The molecule has 0 spiro atoms. The number of carboxylic acids is 1. The SMILES string of the molecule is O=C(O)[C@@H]1CSC(C2CCOCC2)N1. The Morgan fingerprint density at radius 3 is 2.71 bits per heavy atom. The van der Waals surface area contributed by atoms with Crippen molar-refractivity contribution in [1.29, 1.82) is 0 Å². The average Bonchev–Trinajstić information content (AvgIpc) is 2.68. The summed E-state index contributed by atoms with van der Waals surface area (Å²) in [7, 11) is 0. The lowest BCUT2D eigenvalue weighted by Gasteiger charge is -2.27. The van der Waals surface area contributed by atoms with Gasteiger partial charge in [0.05, 0.1) is 5.37 Å². The van der Waals surface area contributed by atoms with E-state index in [2.05, 4.69) is 5.32 Å². The van der Waals surface area contributed by atoms with Crippen molar-refractivity contribution in [2.75, 3.05) is 19.0 Å². The van der Waals surface area contributed by atoms with Crippen LogP contribution in [0.4, 0.5) is 0 Å². The predicted molar refractivity (Wildman–Crippen MR) is 54.3 cm³/mol. The number of carbonyl (C=O) groups is 1. The largest absolute Gasteiger partial charge is 0.480 e. The van der Waals surface area contributed by atoms with Crippen LogP contribution in [-0.2, 0) is 9.53 Å². The van der Waals surface area contributed by atoms with Gasteiger partial charge in [-0.05, 0) is 18.8 Å². The second kappa shape index (κ2) is 4.51. The van der Waals surface area contributed by atoms with Crippen LogP contribution in [-0.4, -0.2) is 41.5 Å². The molecule has 4 nitrogen and oxygen atoms in total. The second-order valence-corrected chi connectivity index (χ2v) is 4.94. The van der Waals surface area contributed by atoms with Gasteiger partial charge in [-0.3, -0.25) is 10.1 Å². The Labute approximate surface area is 87.4 Å². The molecule has 2 N–H and O–H groups in total. The highest BCUT2D eigenvalue weighted by Gasteiger charge is 2.34. The fourth-order valence-corrected chi connectivity index (χ4v) is 3.37. The quantitative estimate of drug-likeness (QED) is 0.706. The van der Waals surface area contributed by atoms with E-state index in [1.54, 1.807) is 11.8 Å². The molecule has 2 rings (SSSR count). The predicted octanol–water partition coefficient (Wildman–Crippen LogP) is 0.529. The third-order valence-electron chi connectivity index (χ3n) is 2.80. The highest BCUT2D eigenvalue weighted by Crippen LogP contribution is 2.30. The number of nitrogens with one attached hydrogen (secondary N) is 1. The van der Waals surface area contributed by atoms with E-state index in [-0.39, 0.29) is 6.04 Å². The second-order valence-electron chi connectivity index (χ2n) is 3.76. The molecule has 1 unspecified atom stereocenters. The summed E-state index contributed by atoms with van der Waals surface area (Å²) in [6.07, 6.45) is 2.11. The van der Waals surface area contributed by atoms with Crippen molar-refractivity contribution in [1.82, 2.24) is 5.32 Å². The first-order chi connectivity index (χ1) is 6.77. The highest BCUT2D eigenvalue weighted by molar-refractivity contribution is 8.00. The zero-order valence-electron chi connectivity index (χ0n) is 7.94. The van der Waals surface area contributed by atoms with E-state index in [0.29, 0.717) is 17.0 Å². The van der Waals surface area contributed by atoms with E-state index in [1.807, 2.05) is 0 Å². The van der Waals surface area contributed by atoms with Gasteiger partial charge in [0.25, 0.3) is 0 Å². The summed E-state index contributed by atoms with van der Waals surface area (Å²) in [4.78, 5) is 10.7. The first-order valence-electron chi connectivity index (χ1n) is 4.95. The molecule has 80 valence electrons. The molecule has 2 fully saturated rings. The van der Waals surface area contributed by atoms with E-state index in [4.69, 9.17) is 9.84 Å². The Balaban J connectivity index is 1.85. The summed E-state index contributed by atoms with van der Waals surface area (Å²) >= 11 is 1.74. The summed E-state index contributed by atoms with van der Waals surface area (Å²) in [5.74, 6) is 0.544. The van der Waals surface area contributed by atoms with Crippen LogP contribution in [0.2, 0.25) is 0 Å². The number of rotatable bonds is 2. The maximum absolute atomic E-state index is 10.7. The molecule has 0 aromatic rings. The van der Waals surface area contributed by atoms with Gasteiger partial charge in [0, 0.05) is 19.0 Å². The first kappa shape index (κ1) is 10.3. The molecule has 2 aliphatic heterocycles. The standard InChI is InChI=1S/C9H15NO3S/c11-9(12)7-5-14-8(10-7)6-1-3-13-4-2-6/h6-8,10H,1-5H2,(H,11,12)/t7-,8?/m0/s1. The van der Waals surface area contributed by atoms with Gasteiger partial charge >= 0.3 is 5.97 Å². The number of thioether (sulfide) groups is 1. The normalized spacial score (nSPS) is 34.6. The summed E-state index contributed by atoms with van der Waals surface area (Å²) in [5, 5.41) is 12.3. The van der Waals surface area contributed by atoms with Crippen LogP contribution in [0.15, 0.2) is 0 Å². The van der Waals surface area contributed by atoms with Gasteiger partial charge in [0.2, 0.25) is 0 Å². The van der Waals surface area contributed by atoms with E-state index >= 15 is 0 Å². The van der Waals surface area contributed by atoms with Crippen LogP contribution < -0.4 is 5.32 Å². The van der Waals surface area contributed by atoms with Gasteiger partial charge in [-0.1, -0.05) is 0 Å². The number of aliphatic carboxylic acids is 1. The summed E-state index contributed by atoms with van der Waals surface area (Å²) in [6.45, 7) is 1.64. The lowest BCUT2D eigenvalue weighted by Crippen LogP contribution is -2.40. The Morgan fingerprint density at radius 2 is 2.14 bits per heavy atom. The van der Waals surface area contributed by atoms with Crippen molar-refractivity contribution in [3.05, 3.63) is 0 Å². The van der Waals surface area contributed by atoms with Crippen molar-refractivity contribution in [3.8, 4) is 0 Å². The van der Waals surface area contributed by atoms with Gasteiger partial charge < -0.3 is 9.84 Å². The van der Waals surface area contributed by atoms with Crippen LogP contribution in [0, 0.1) is 5.92 Å². The highest BCUT2D eigenvalue weighted by atomic mass is 32.2. The number of hydrogen-bond acceptors (Lipinski definition) is 4. The topological polar surface area (TPSA) is 58.6 Å². The molecular formula is C9H15NO3S.